The lowest BCUT2D eigenvalue weighted by molar-refractivity contribution is 0.670. The Morgan fingerprint density at radius 1 is 0.298 bits per heavy atom. The fourth-order valence-corrected chi connectivity index (χ4v) is 7.59. The zero-order valence-corrected chi connectivity index (χ0v) is 25.6. The Labute approximate surface area is 272 Å². The number of hydrogen-bond acceptors (Lipinski definition) is 1. The van der Waals surface area contributed by atoms with Crippen LogP contribution in [0.25, 0.3) is 98.8 Å². The molecule has 1 heteroatoms. The molecule has 218 valence electrons. The van der Waals surface area contributed by atoms with Crippen molar-refractivity contribution in [2.75, 3.05) is 0 Å². The van der Waals surface area contributed by atoms with Crippen LogP contribution in [-0.4, -0.2) is 0 Å². The Hall–Kier alpha value is -6.18. The van der Waals surface area contributed by atoms with E-state index in [4.69, 9.17) is 4.42 Å². The van der Waals surface area contributed by atoms with E-state index in [-0.39, 0.29) is 0 Å². The summed E-state index contributed by atoms with van der Waals surface area (Å²) in [5, 5.41) is 10.0. The SMILES string of the molecule is c1ccc(-c2ccc(-c3ccc4ccc5ccc(-c6ccc7oc8c(-c9ccccc9)cccc8c7c6)c6ccc3c4c56)cc2)cc1. The Morgan fingerprint density at radius 3 is 1.51 bits per heavy atom. The van der Waals surface area contributed by atoms with Gasteiger partial charge in [0.2, 0.25) is 0 Å². The van der Waals surface area contributed by atoms with Crippen LogP contribution in [0.3, 0.4) is 0 Å². The molecule has 0 aliphatic carbocycles. The monoisotopic (exact) mass is 596 g/mol. The van der Waals surface area contributed by atoms with Crippen molar-refractivity contribution in [1.82, 2.24) is 0 Å². The van der Waals surface area contributed by atoms with Gasteiger partial charge in [-0.25, -0.2) is 0 Å². The van der Waals surface area contributed by atoms with E-state index in [2.05, 4.69) is 170 Å². The molecule has 0 spiro atoms. The number of furan rings is 1. The van der Waals surface area contributed by atoms with Crippen LogP contribution in [0.1, 0.15) is 0 Å². The van der Waals surface area contributed by atoms with Gasteiger partial charge in [0.05, 0.1) is 0 Å². The summed E-state index contributed by atoms with van der Waals surface area (Å²) in [6.07, 6.45) is 0. The maximum Gasteiger partial charge on any atom is 0.143 e. The van der Waals surface area contributed by atoms with Crippen molar-refractivity contribution >= 4 is 54.3 Å². The Bertz CT molecular complexity index is 2750. The maximum absolute atomic E-state index is 6.50. The van der Waals surface area contributed by atoms with Crippen molar-refractivity contribution in [2.45, 2.75) is 0 Å². The molecule has 0 fully saturated rings. The van der Waals surface area contributed by atoms with E-state index in [0.29, 0.717) is 0 Å². The number of hydrogen-bond donors (Lipinski definition) is 0. The van der Waals surface area contributed by atoms with Gasteiger partial charge < -0.3 is 4.42 Å². The van der Waals surface area contributed by atoms with Gasteiger partial charge >= 0.3 is 0 Å². The molecule has 9 aromatic carbocycles. The third-order valence-electron chi connectivity index (χ3n) is 9.86. The largest absolute Gasteiger partial charge is 0.455 e. The minimum Gasteiger partial charge on any atom is -0.455 e. The van der Waals surface area contributed by atoms with Crippen molar-refractivity contribution < 1.29 is 4.42 Å². The molecule has 0 bridgehead atoms. The lowest BCUT2D eigenvalue weighted by Gasteiger charge is -2.17. The summed E-state index contributed by atoms with van der Waals surface area (Å²) < 4.78 is 6.50. The minimum atomic E-state index is 0.910. The van der Waals surface area contributed by atoms with Crippen LogP contribution >= 0.6 is 0 Å². The molecule has 10 rings (SSSR count). The van der Waals surface area contributed by atoms with Crippen molar-refractivity contribution in [3.05, 3.63) is 170 Å². The van der Waals surface area contributed by atoms with Crippen LogP contribution in [0.4, 0.5) is 0 Å². The van der Waals surface area contributed by atoms with Crippen LogP contribution in [-0.2, 0) is 0 Å². The van der Waals surface area contributed by atoms with E-state index < -0.39 is 0 Å². The lowest BCUT2D eigenvalue weighted by Crippen LogP contribution is -1.89. The summed E-state index contributed by atoms with van der Waals surface area (Å²) in [7, 11) is 0. The third-order valence-corrected chi connectivity index (χ3v) is 9.86. The smallest absolute Gasteiger partial charge is 0.143 e. The molecule has 0 aliphatic heterocycles. The number of fused-ring (bicyclic) bond motifs is 3. The van der Waals surface area contributed by atoms with Gasteiger partial charge in [0.1, 0.15) is 11.2 Å². The summed E-state index contributed by atoms with van der Waals surface area (Å²) in [5.74, 6) is 0. The summed E-state index contributed by atoms with van der Waals surface area (Å²) in [5.41, 5.74) is 11.5. The van der Waals surface area contributed by atoms with Gasteiger partial charge in [-0.05, 0) is 83.4 Å². The molecule has 0 amide bonds. The predicted octanol–water partition coefficient (Wildman–Crippen LogP) is 13.2. The van der Waals surface area contributed by atoms with Crippen LogP contribution in [0, 0.1) is 0 Å². The molecule has 0 saturated carbocycles. The van der Waals surface area contributed by atoms with Gasteiger partial charge in [0, 0.05) is 16.3 Å². The molecule has 0 aliphatic rings. The molecular weight excluding hydrogens is 569 g/mol. The molecule has 1 nitrogen and oxygen atoms in total. The highest BCUT2D eigenvalue weighted by atomic mass is 16.3. The van der Waals surface area contributed by atoms with Gasteiger partial charge in [-0.15, -0.1) is 0 Å². The number of rotatable bonds is 4. The summed E-state index contributed by atoms with van der Waals surface area (Å²) >= 11 is 0. The fourth-order valence-electron chi connectivity index (χ4n) is 7.59. The highest BCUT2D eigenvalue weighted by Gasteiger charge is 2.17. The van der Waals surface area contributed by atoms with E-state index >= 15 is 0 Å². The maximum atomic E-state index is 6.50. The van der Waals surface area contributed by atoms with E-state index in [1.165, 1.54) is 65.7 Å². The third kappa shape index (κ3) is 4.03. The van der Waals surface area contributed by atoms with E-state index in [9.17, 15) is 0 Å². The molecule has 1 heterocycles. The second-order valence-electron chi connectivity index (χ2n) is 12.5. The van der Waals surface area contributed by atoms with E-state index in [1.54, 1.807) is 0 Å². The first kappa shape index (κ1) is 26.1. The molecule has 0 atom stereocenters. The van der Waals surface area contributed by atoms with Crippen molar-refractivity contribution in [2.24, 2.45) is 0 Å². The number of benzene rings is 9. The second-order valence-corrected chi connectivity index (χ2v) is 12.5. The van der Waals surface area contributed by atoms with Gasteiger partial charge in [-0.3, -0.25) is 0 Å². The predicted molar refractivity (Wildman–Crippen MR) is 199 cm³/mol. The Balaban J connectivity index is 1.14. The standard InChI is InChI=1S/C46H28O/c1-3-8-29(9-4-1)30-14-16-32(17-15-30)36-23-20-33-18-19-34-21-24-37(40-26-25-39(36)44(33)45(34)40)35-22-27-43-42(28-35)41-13-7-12-38(46(41)47-43)31-10-5-2-6-11-31/h1-28H. The van der Waals surface area contributed by atoms with Crippen molar-refractivity contribution in [3.63, 3.8) is 0 Å². The topological polar surface area (TPSA) is 13.1 Å². The van der Waals surface area contributed by atoms with Crippen LogP contribution in [0.5, 0.6) is 0 Å². The quantitative estimate of drug-likeness (QED) is 0.184. The molecule has 47 heavy (non-hydrogen) atoms. The first-order valence-corrected chi connectivity index (χ1v) is 16.2. The highest BCUT2D eigenvalue weighted by Crippen LogP contribution is 2.44. The van der Waals surface area contributed by atoms with E-state index in [1.807, 2.05) is 0 Å². The summed E-state index contributed by atoms with van der Waals surface area (Å²) in [4.78, 5) is 0. The van der Waals surface area contributed by atoms with Crippen LogP contribution in [0.15, 0.2) is 174 Å². The first-order chi connectivity index (χ1) is 23.3. The molecule has 10 aromatic rings. The minimum absolute atomic E-state index is 0.910. The zero-order valence-electron chi connectivity index (χ0n) is 25.6. The zero-order chi connectivity index (χ0) is 30.9. The Morgan fingerprint density at radius 2 is 0.830 bits per heavy atom. The summed E-state index contributed by atoms with van der Waals surface area (Å²) in [6, 6.07) is 61.5. The van der Waals surface area contributed by atoms with Gasteiger partial charge in [0.15, 0.2) is 0 Å². The average Bonchev–Trinajstić information content (AvgIpc) is 3.53. The molecule has 0 unspecified atom stereocenters. The van der Waals surface area contributed by atoms with Gasteiger partial charge in [-0.1, -0.05) is 158 Å². The van der Waals surface area contributed by atoms with E-state index in [0.717, 1.165) is 33.1 Å². The highest BCUT2D eigenvalue weighted by molar-refractivity contribution is 6.27. The van der Waals surface area contributed by atoms with Gasteiger partial charge in [0.25, 0.3) is 0 Å². The molecule has 1 aromatic heterocycles. The summed E-state index contributed by atoms with van der Waals surface area (Å²) in [6.45, 7) is 0. The van der Waals surface area contributed by atoms with Crippen LogP contribution in [0.2, 0.25) is 0 Å². The van der Waals surface area contributed by atoms with Crippen molar-refractivity contribution in [1.29, 1.82) is 0 Å². The average molecular weight is 597 g/mol. The first-order valence-electron chi connectivity index (χ1n) is 16.2. The molecule has 0 N–H and O–H groups in total. The lowest BCUT2D eigenvalue weighted by atomic mass is 9.87. The van der Waals surface area contributed by atoms with Crippen molar-refractivity contribution in [3.8, 4) is 44.5 Å². The normalized spacial score (nSPS) is 11.8. The van der Waals surface area contributed by atoms with Gasteiger partial charge in [-0.2, -0.15) is 0 Å². The van der Waals surface area contributed by atoms with Crippen LogP contribution < -0.4 is 0 Å². The Kier molecular flexibility index (Phi) is 5.64. The fraction of sp³-hybridized carbons (Fsp3) is 0. The molecular formula is C46H28O. The second kappa shape index (κ2) is 10.2. The molecule has 0 saturated heterocycles. The number of para-hydroxylation sites is 1. The molecule has 0 radical (unpaired) electrons.